The first-order valence-electron chi connectivity index (χ1n) is 8.81. The zero-order valence-electron chi connectivity index (χ0n) is 15.5. The number of ether oxygens (including phenoxy) is 1. The molecule has 0 spiro atoms. The van der Waals surface area contributed by atoms with E-state index in [0.717, 1.165) is 52.5 Å². The molecular formula is C18H35N3O. The van der Waals surface area contributed by atoms with Gasteiger partial charge in [0.1, 0.15) is 0 Å². The second-order valence-electron chi connectivity index (χ2n) is 7.65. The average molecular weight is 309 g/mol. The lowest BCUT2D eigenvalue weighted by Crippen LogP contribution is -2.58. The van der Waals surface area contributed by atoms with Crippen molar-refractivity contribution in [2.75, 3.05) is 46.1 Å². The minimum atomic E-state index is 0.0654. The lowest BCUT2D eigenvalue weighted by Gasteiger charge is -2.51. The van der Waals surface area contributed by atoms with Crippen molar-refractivity contribution in [1.29, 1.82) is 0 Å². The van der Waals surface area contributed by atoms with Crippen molar-refractivity contribution in [3.8, 4) is 0 Å². The van der Waals surface area contributed by atoms with E-state index < -0.39 is 0 Å². The minimum Gasteiger partial charge on any atom is -0.379 e. The van der Waals surface area contributed by atoms with Gasteiger partial charge >= 0.3 is 0 Å². The van der Waals surface area contributed by atoms with Crippen molar-refractivity contribution < 1.29 is 4.74 Å². The molecule has 0 radical (unpaired) electrons. The van der Waals surface area contributed by atoms with Crippen LogP contribution in [-0.4, -0.2) is 66.9 Å². The van der Waals surface area contributed by atoms with Crippen LogP contribution in [0.3, 0.4) is 0 Å². The molecule has 2 fully saturated rings. The van der Waals surface area contributed by atoms with Crippen molar-refractivity contribution in [2.24, 2.45) is 0 Å². The van der Waals surface area contributed by atoms with Crippen LogP contribution in [0.5, 0.6) is 0 Å². The van der Waals surface area contributed by atoms with Crippen molar-refractivity contribution >= 4 is 0 Å². The van der Waals surface area contributed by atoms with Crippen LogP contribution in [0.4, 0.5) is 0 Å². The quantitative estimate of drug-likeness (QED) is 0.790. The Hall–Kier alpha value is -0.420. The van der Waals surface area contributed by atoms with Gasteiger partial charge in [-0.2, -0.15) is 0 Å². The molecule has 128 valence electrons. The zero-order chi connectivity index (χ0) is 16.4. The second kappa shape index (κ2) is 7.00. The SMILES string of the molecule is CC/C(C)=C(/C(C)(C)N1CCOCC1)C(C)(C)N1CCNC1. The Balaban J connectivity index is 2.37. The fourth-order valence-corrected chi connectivity index (χ4v) is 4.39. The fourth-order valence-electron chi connectivity index (χ4n) is 4.39. The molecule has 2 aliphatic heterocycles. The molecule has 4 nitrogen and oxygen atoms in total. The van der Waals surface area contributed by atoms with Crippen molar-refractivity contribution in [1.82, 2.24) is 15.1 Å². The molecule has 0 amide bonds. The summed E-state index contributed by atoms with van der Waals surface area (Å²) in [5, 5.41) is 3.49. The van der Waals surface area contributed by atoms with Gasteiger partial charge in [0.25, 0.3) is 0 Å². The largest absolute Gasteiger partial charge is 0.379 e. The summed E-state index contributed by atoms with van der Waals surface area (Å²) in [7, 11) is 0. The van der Waals surface area contributed by atoms with Crippen molar-refractivity contribution in [3.63, 3.8) is 0 Å². The van der Waals surface area contributed by atoms with Crippen molar-refractivity contribution in [2.45, 2.75) is 59.0 Å². The molecule has 4 heteroatoms. The Morgan fingerprint density at radius 2 is 1.59 bits per heavy atom. The van der Waals surface area contributed by atoms with Gasteiger partial charge in [-0.15, -0.1) is 0 Å². The normalized spacial score (nSPS) is 23.7. The third-order valence-electron chi connectivity index (χ3n) is 5.63. The molecule has 0 aliphatic carbocycles. The Bertz CT molecular complexity index is 403. The van der Waals surface area contributed by atoms with Crippen LogP contribution in [-0.2, 0) is 4.74 Å². The highest BCUT2D eigenvalue weighted by Crippen LogP contribution is 2.39. The molecule has 0 saturated carbocycles. The first-order valence-corrected chi connectivity index (χ1v) is 8.81. The molecule has 0 atom stereocenters. The van der Waals surface area contributed by atoms with Gasteiger partial charge in [0, 0.05) is 43.9 Å². The van der Waals surface area contributed by atoms with E-state index in [2.05, 4.69) is 56.7 Å². The maximum Gasteiger partial charge on any atom is 0.0594 e. The maximum absolute atomic E-state index is 5.57. The van der Waals surface area contributed by atoms with Gasteiger partial charge in [0.2, 0.25) is 0 Å². The second-order valence-corrected chi connectivity index (χ2v) is 7.65. The number of morpholine rings is 1. The standard InChI is InChI=1S/C18H35N3O/c1-7-15(2)16(18(5,6)21-9-8-19-14-21)17(3,4)20-10-12-22-13-11-20/h19H,7-14H2,1-6H3/b16-15-. The predicted octanol–water partition coefficient (Wildman–Crippen LogP) is 2.47. The smallest absolute Gasteiger partial charge is 0.0594 e. The Morgan fingerprint density at radius 3 is 2.09 bits per heavy atom. The summed E-state index contributed by atoms with van der Waals surface area (Å²) in [6.07, 6.45) is 1.12. The zero-order valence-corrected chi connectivity index (χ0v) is 15.5. The number of rotatable bonds is 5. The molecule has 0 aromatic heterocycles. The molecule has 2 rings (SSSR count). The van der Waals surface area contributed by atoms with E-state index in [1.54, 1.807) is 5.57 Å². The van der Waals surface area contributed by atoms with E-state index in [1.165, 1.54) is 5.57 Å². The Labute approximate surface area is 136 Å². The van der Waals surface area contributed by atoms with E-state index >= 15 is 0 Å². The Morgan fingerprint density at radius 1 is 1.00 bits per heavy atom. The predicted molar refractivity (Wildman–Crippen MR) is 93.1 cm³/mol. The van der Waals surface area contributed by atoms with Gasteiger partial charge < -0.3 is 10.1 Å². The van der Waals surface area contributed by atoms with Crippen molar-refractivity contribution in [3.05, 3.63) is 11.1 Å². The van der Waals surface area contributed by atoms with Crippen LogP contribution in [0, 0.1) is 0 Å². The fraction of sp³-hybridized carbons (Fsp3) is 0.889. The summed E-state index contributed by atoms with van der Waals surface area (Å²) in [6, 6.07) is 0. The van der Waals surface area contributed by atoms with Gasteiger partial charge in [0.05, 0.1) is 13.2 Å². The van der Waals surface area contributed by atoms with E-state index in [9.17, 15) is 0 Å². The van der Waals surface area contributed by atoms with E-state index in [4.69, 9.17) is 4.74 Å². The molecule has 0 bridgehead atoms. The number of nitrogens with zero attached hydrogens (tertiary/aromatic N) is 2. The van der Waals surface area contributed by atoms with Crippen LogP contribution >= 0.6 is 0 Å². The van der Waals surface area contributed by atoms with Crippen LogP contribution in [0.15, 0.2) is 11.1 Å². The molecule has 0 aromatic rings. The van der Waals surface area contributed by atoms with Gasteiger partial charge in [-0.05, 0) is 46.6 Å². The topological polar surface area (TPSA) is 27.7 Å². The Kier molecular flexibility index (Phi) is 5.70. The number of allylic oxidation sites excluding steroid dienone is 1. The van der Waals surface area contributed by atoms with Crippen LogP contribution in [0.1, 0.15) is 48.0 Å². The van der Waals surface area contributed by atoms with Gasteiger partial charge in [0.15, 0.2) is 0 Å². The average Bonchev–Trinajstić information content (AvgIpc) is 3.02. The summed E-state index contributed by atoms with van der Waals surface area (Å²) in [5.41, 5.74) is 3.27. The molecule has 1 N–H and O–H groups in total. The number of nitrogens with one attached hydrogen (secondary N) is 1. The summed E-state index contributed by atoms with van der Waals surface area (Å²) >= 11 is 0. The highest BCUT2D eigenvalue weighted by molar-refractivity contribution is 5.34. The monoisotopic (exact) mass is 309 g/mol. The third-order valence-corrected chi connectivity index (χ3v) is 5.63. The minimum absolute atomic E-state index is 0.0654. The summed E-state index contributed by atoms with van der Waals surface area (Å²) in [5.74, 6) is 0. The molecule has 2 aliphatic rings. The van der Waals surface area contributed by atoms with Crippen LogP contribution in [0.25, 0.3) is 0 Å². The molecule has 22 heavy (non-hydrogen) atoms. The summed E-state index contributed by atoms with van der Waals surface area (Å²) in [6.45, 7) is 21.2. The third kappa shape index (κ3) is 3.40. The van der Waals surface area contributed by atoms with E-state index in [0.29, 0.717) is 0 Å². The molecule has 2 saturated heterocycles. The molecular weight excluding hydrogens is 274 g/mol. The number of hydrogen-bond acceptors (Lipinski definition) is 4. The first-order chi connectivity index (χ1) is 10.3. The summed E-state index contributed by atoms with van der Waals surface area (Å²) in [4.78, 5) is 5.19. The number of hydrogen-bond donors (Lipinski definition) is 1. The van der Waals surface area contributed by atoms with Gasteiger partial charge in [-0.3, -0.25) is 9.80 Å². The van der Waals surface area contributed by atoms with E-state index in [1.807, 2.05) is 0 Å². The highest BCUT2D eigenvalue weighted by Gasteiger charge is 2.43. The first kappa shape index (κ1) is 17.9. The molecule has 2 heterocycles. The highest BCUT2D eigenvalue weighted by atomic mass is 16.5. The van der Waals surface area contributed by atoms with Crippen LogP contribution in [0.2, 0.25) is 0 Å². The summed E-state index contributed by atoms with van der Waals surface area (Å²) < 4.78 is 5.57. The van der Waals surface area contributed by atoms with E-state index in [-0.39, 0.29) is 11.1 Å². The maximum atomic E-state index is 5.57. The lowest BCUT2D eigenvalue weighted by molar-refractivity contribution is -0.00712. The molecule has 0 aromatic carbocycles. The van der Waals surface area contributed by atoms with Crippen LogP contribution < -0.4 is 5.32 Å². The lowest BCUT2D eigenvalue weighted by atomic mass is 9.75. The van der Waals surface area contributed by atoms with Gasteiger partial charge in [-0.1, -0.05) is 12.5 Å². The van der Waals surface area contributed by atoms with Gasteiger partial charge in [-0.25, -0.2) is 0 Å². The molecule has 0 unspecified atom stereocenters.